The third-order valence-electron chi connectivity index (χ3n) is 2.20. The van der Waals surface area contributed by atoms with Crippen LogP contribution >= 0.6 is 0 Å². The van der Waals surface area contributed by atoms with E-state index in [-0.39, 0.29) is 18.1 Å². The highest BCUT2D eigenvalue weighted by atomic mass is 19.1. The van der Waals surface area contributed by atoms with E-state index >= 15 is 0 Å². The average Bonchev–Trinajstić information content (AvgIpc) is 2.28. The van der Waals surface area contributed by atoms with Gasteiger partial charge in [0, 0.05) is 6.07 Å². The molecule has 1 aromatic rings. The third-order valence-corrected chi connectivity index (χ3v) is 2.20. The molecular formula is C12H16F2N2O. The van der Waals surface area contributed by atoms with Crippen molar-refractivity contribution in [3.05, 3.63) is 29.8 Å². The van der Waals surface area contributed by atoms with E-state index < -0.39 is 11.6 Å². The zero-order chi connectivity index (χ0) is 12.7. The Morgan fingerprint density at radius 1 is 1.35 bits per heavy atom. The quantitative estimate of drug-likeness (QED) is 0.751. The van der Waals surface area contributed by atoms with E-state index in [4.69, 9.17) is 0 Å². The van der Waals surface area contributed by atoms with Crippen LogP contribution in [0.3, 0.4) is 0 Å². The number of amides is 1. The molecule has 0 aliphatic carbocycles. The molecule has 0 fully saturated rings. The van der Waals surface area contributed by atoms with Gasteiger partial charge in [0.1, 0.15) is 11.6 Å². The monoisotopic (exact) mass is 242 g/mol. The molecule has 0 atom stereocenters. The fraction of sp³-hybridized carbons (Fsp3) is 0.417. The molecule has 94 valence electrons. The lowest BCUT2D eigenvalue weighted by Gasteiger charge is -2.07. The van der Waals surface area contributed by atoms with Crippen molar-refractivity contribution in [1.29, 1.82) is 0 Å². The Hall–Kier alpha value is -1.49. The number of rotatable bonds is 6. The van der Waals surface area contributed by atoms with Crippen molar-refractivity contribution < 1.29 is 13.6 Å². The van der Waals surface area contributed by atoms with Crippen LogP contribution < -0.4 is 10.6 Å². The average molecular weight is 242 g/mol. The Morgan fingerprint density at radius 3 is 2.76 bits per heavy atom. The second-order valence-corrected chi connectivity index (χ2v) is 3.70. The topological polar surface area (TPSA) is 41.1 Å². The number of unbranched alkanes of at least 4 members (excludes halogenated alkanes) is 1. The van der Waals surface area contributed by atoms with Crippen LogP contribution in [0, 0.1) is 11.6 Å². The first-order chi connectivity index (χ1) is 8.13. The summed E-state index contributed by atoms with van der Waals surface area (Å²) in [4.78, 5) is 11.4. The maximum Gasteiger partial charge on any atom is 0.238 e. The Morgan fingerprint density at radius 2 is 2.12 bits per heavy atom. The van der Waals surface area contributed by atoms with E-state index in [1.54, 1.807) is 0 Å². The fourth-order valence-electron chi connectivity index (χ4n) is 1.29. The molecular weight excluding hydrogens is 226 g/mol. The summed E-state index contributed by atoms with van der Waals surface area (Å²) in [6.07, 6.45) is 2.03. The van der Waals surface area contributed by atoms with Crippen LogP contribution in [-0.2, 0) is 4.79 Å². The highest BCUT2D eigenvalue weighted by Crippen LogP contribution is 2.14. The maximum atomic E-state index is 13.2. The van der Waals surface area contributed by atoms with Crippen molar-refractivity contribution in [3.8, 4) is 0 Å². The first-order valence-corrected chi connectivity index (χ1v) is 5.59. The van der Waals surface area contributed by atoms with Crippen LogP contribution in [0.15, 0.2) is 18.2 Å². The predicted octanol–water partition coefficient (Wildman–Crippen LogP) is 2.29. The summed E-state index contributed by atoms with van der Waals surface area (Å²) < 4.78 is 25.8. The number of nitrogens with one attached hydrogen (secondary N) is 2. The van der Waals surface area contributed by atoms with Gasteiger partial charge in [-0.2, -0.15) is 0 Å². The number of hydrogen-bond acceptors (Lipinski definition) is 2. The minimum atomic E-state index is -0.771. The molecule has 0 aliphatic rings. The largest absolute Gasteiger partial charge is 0.322 e. The first-order valence-electron chi connectivity index (χ1n) is 5.59. The van der Waals surface area contributed by atoms with Crippen molar-refractivity contribution >= 4 is 11.6 Å². The van der Waals surface area contributed by atoms with Gasteiger partial charge in [0.05, 0.1) is 12.2 Å². The normalized spacial score (nSPS) is 10.3. The summed E-state index contributed by atoms with van der Waals surface area (Å²) in [5, 5.41) is 5.30. The van der Waals surface area contributed by atoms with Gasteiger partial charge in [-0.05, 0) is 25.1 Å². The molecule has 0 saturated carbocycles. The number of anilines is 1. The van der Waals surface area contributed by atoms with Crippen LogP contribution in [0.5, 0.6) is 0 Å². The Balaban J connectivity index is 2.40. The van der Waals surface area contributed by atoms with Crippen LogP contribution in [0.2, 0.25) is 0 Å². The highest BCUT2D eigenvalue weighted by Gasteiger charge is 2.07. The summed E-state index contributed by atoms with van der Waals surface area (Å²) in [6, 6.07) is 3.04. The molecule has 1 aromatic carbocycles. The van der Waals surface area contributed by atoms with Crippen molar-refractivity contribution in [1.82, 2.24) is 5.32 Å². The Kier molecular flexibility index (Phi) is 5.56. The zero-order valence-corrected chi connectivity index (χ0v) is 9.72. The molecule has 17 heavy (non-hydrogen) atoms. The molecule has 2 N–H and O–H groups in total. The zero-order valence-electron chi connectivity index (χ0n) is 9.72. The lowest BCUT2D eigenvalue weighted by molar-refractivity contribution is -0.115. The standard InChI is InChI=1S/C12H16F2N2O/c1-2-3-6-15-8-12(17)16-11-5-4-9(13)7-10(11)14/h4-5,7,15H,2-3,6,8H2,1H3,(H,16,17). The molecule has 0 radical (unpaired) electrons. The minimum Gasteiger partial charge on any atom is -0.322 e. The van der Waals surface area contributed by atoms with E-state index in [2.05, 4.69) is 17.6 Å². The molecule has 0 aromatic heterocycles. The van der Waals surface area contributed by atoms with Gasteiger partial charge in [-0.15, -0.1) is 0 Å². The molecule has 1 rings (SSSR count). The van der Waals surface area contributed by atoms with E-state index in [0.29, 0.717) is 0 Å². The summed E-state index contributed by atoms with van der Waals surface area (Å²) in [7, 11) is 0. The molecule has 3 nitrogen and oxygen atoms in total. The number of halogens is 2. The third kappa shape index (κ3) is 4.91. The van der Waals surface area contributed by atoms with Crippen molar-refractivity contribution in [3.63, 3.8) is 0 Å². The van der Waals surface area contributed by atoms with Gasteiger partial charge >= 0.3 is 0 Å². The van der Waals surface area contributed by atoms with Crippen LogP contribution in [0.1, 0.15) is 19.8 Å². The molecule has 1 amide bonds. The Bertz CT molecular complexity index is 383. The van der Waals surface area contributed by atoms with Gasteiger partial charge in [0.15, 0.2) is 0 Å². The summed E-state index contributed by atoms with van der Waals surface area (Å²) in [6.45, 7) is 2.92. The number of hydrogen-bond donors (Lipinski definition) is 2. The van der Waals surface area contributed by atoms with Crippen LogP contribution in [0.4, 0.5) is 14.5 Å². The SMILES string of the molecule is CCCCNCC(=O)Nc1ccc(F)cc1F. The van der Waals surface area contributed by atoms with E-state index in [0.717, 1.165) is 31.5 Å². The van der Waals surface area contributed by atoms with E-state index in [1.165, 1.54) is 6.07 Å². The summed E-state index contributed by atoms with van der Waals surface area (Å²) in [5.41, 5.74) is -0.00584. The minimum absolute atomic E-state index is 0.00584. The second kappa shape index (κ2) is 6.96. The van der Waals surface area contributed by atoms with Gasteiger partial charge in [0.25, 0.3) is 0 Å². The second-order valence-electron chi connectivity index (χ2n) is 3.70. The fourth-order valence-corrected chi connectivity index (χ4v) is 1.29. The molecule has 0 aliphatic heterocycles. The molecule has 0 heterocycles. The molecule has 5 heteroatoms. The summed E-state index contributed by atoms with van der Waals surface area (Å²) >= 11 is 0. The maximum absolute atomic E-state index is 13.2. The Labute approximate surface area is 99.2 Å². The lowest BCUT2D eigenvalue weighted by atomic mass is 10.3. The summed E-state index contributed by atoms with van der Waals surface area (Å²) in [5.74, 6) is -1.78. The van der Waals surface area contributed by atoms with Gasteiger partial charge in [-0.3, -0.25) is 4.79 Å². The number of carbonyl (C=O) groups is 1. The van der Waals surface area contributed by atoms with E-state index in [1.807, 2.05) is 0 Å². The van der Waals surface area contributed by atoms with Gasteiger partial charge < -0.3 is 10.6 Å². The highest BCUT2D eigenvalue weighted by molar-refractivity contribution is 5.92. The van der Waals surface area contributed by atoms with Gasteiger partial charge in [-0.25, -0.2) is 8.78 Å². The van der Waals surface area contributed by atoms with Crippen molar-refractivity contribution in [2.24, 2.45) is 0 Å². The first kappa shape index (κ1) is 13.6. The molecule has 0 saturated heterocycles. The van der Waals surface area contributed by atoms with E-state index in [9.17, 15) is 13.6 Å². The van der Waals surface area contributed by atoms with Crippen LogP contribution in [-0.4, -0.2) is 19.0 Å². The molecule has 0 spiro atoms. The van der Waals surface area contributed by atoms with Crippen molar-refractivity contribution in [2.75, 3.05) is 18.4 Å². The predicted molar refractivity (Wildman–Crippen MR) is 62.8 cm³/mol. The van der Waals surface area contributed by atoms with Gasteiger partial charge in [-0.1, -0.05) is 13.3 Å². The smallest absolute Gasteiger partial charge is 0.238 e. The van der Waals surface area contributed by atoms with Crippen LogP contribution in [0.25, 0.3) is 0 Å². The van der Waals surface area contributed by atoms with Gasteiger partial charge in [0.2, 0.25) is 5.91 Å². The number of carbonyl (C=O) groups excluding carboxylic acids is 1. The lowest BCUT2D eigenvalue weighted by Crippen LogP contribution is -2.29. The molecule has 0 unspecified atom stereocenters. The molecule has 0 bridgehead atoms. The number of benzene rings is 1. The van der Waals surface area contributed by atoms with Crippen molar-refractivity contribution in [2.45, 2.75) is 19.8 Å².